The van der Waals surface area contributed by atoms with E-state index in [0.717, 1.165) is 26.6 Å². The molecule has 0 saturated heterocycles. The van der Waals surface area contributed by atoms with Gasteiger partial charge in [-0.15, -0.1) is 0 Å². The molecule has 0 aliphatic carbocycles. The van der Waals surface area contributed by atoms with Gasteiger partial charge in [-0.3, -0.25) is 9.59 Å². The maximum atomic E-state index is 12.1. The number of halogens is 1. The first-order valence-electron chi connectivity index (χ1n) is 6.34. The zero-order valence-corrected chi connectivity index (χ0v) is 14.6. The van der Waals surface area contributed by atoms with Crippen LogP contribution in [0.4, 0.5) is 5.69 Å². The third-order valence-electron chi connectivity index (χ3n) is 2.77. The standard InChI is InChI=1S/C15H13IN2O3S/c1-9-2-4-11(6-12(9)16)18-15(21)10-3-5-13(17-7-10)22-8-14(19)20/h2-7H,8H2,1H3,(H,18,21)(H,19,20). The molecule has 1 aromatic heterocycles. The smallest absolute Gasteiger partial charge is 0.313 e. The number of aryl methyl sites for hydroxylation is 1. The topological polar surface area (TPSA) is 79.3 Å². The predicted octanol–water partition coefficient (Wildman–Crippen LogP) is 3.42. The van der Waals surface area contributed by atoms with Crippen LogP contribution in [0.2, 0.25) is 0 Å². The highest BCUT2D eigenvalue weighted by atomic mass is 127. The first kappa shape index (κ1) is 16.8. The molecule has 0 bridgehead atoms. The van der Waals surface area contributed by atoms with E-state index >= 15 is 0 Å². The number of anilines is 1. The van der Waals surface area contributed by atoms with Gasteiger partial charge >= 0.3 is 5.97 Å². The number of rotatable bonds is 5. The summed E-state index contributed by atoms with van der Waals surface area (Å²) in [4.78, 5) is 26.7. The van der Waals surface area contributed by atoms with Crippen LogP contribution in [0.3, 0.4) is 0 Å². The normalized spacial score (nSPS) is 10.3. The fourth-order valence-electron chi connectivity index (χ4n) is 1.61. The first-order chi connectivity index (χ1) is 10.5. The van der Waals surface area contributed by atoms with Crippen LogP contribution >= 0.6 is 34.4 Å². The third-order valence-corrected chi connectivity index (χ3v) is 4.86. The van der Waals surface area contributed by atoms with Crippen LogP contribution in [0.5, 0.6) is 0 Å². The zero-order chi connectivity index (χ0) is 16.1. The molecule has 22 heavy (non-hydrogen) atoms. The number of aliphatic carboxylic acids is 1. The van der Waals surface area contributed by atoms with Crippen molar-refractivity contribution >= 4 is 51.9 Å². The van der Waals surface area contributed by atoms with E-state index in [2.05, 4.69) is 32.9 Å². The number of carbonyl (C=O) groups is 2. The monoisotopic (exact) mass is 428 g/mol. The van der Waals surface area contributed by atoms with Gasteiger partial charge in [0.05, 0.1) is 16.3 Å². The van der Waals surface area contributed by atoms with Gasteiger partial charge in [-0.2, -0.15) is 0 Å². The van der Waals surface area contributed by atoms with Crippen molar-refractivity contribution in [1.82, 2.24) is 4.98 Å². The lowest BCUT2D eigenvalue weighted by Gasteiger charge is -2.07. The average Bonchev–Trinajstić information content (AvgIpc) is 2.49. The van der Waals surface area contributed by atoms with Crippen LogP contribution < -0.4 is 5.32 Å². The molecule has 0 aliphatic rings. The number of thioether (sulfide) groups is 1. The third kappa shape index (κ3) is 4.70. The molecule has 0 unspecified atom stereocenters. The number of nitrogens with one attached hydrogen (secondary N) is 1. The Hall–Kier alpha value is -1.61. The summed E-state index contributed by atoms with van der Waals surface area (Å²) in [5, 5.41) is 12.0. The minimum absolute atomic E-state index is 0.0552. The lowest BCUT2D eigenvalue weighted by molar-refractivity contribution is -0.133. The first-order valence-corrected chi connectivity index (χ1v) is 8.40. The van der Waals surface area contributed by atoms with Crippen molar-refractivity contribution in [3.8, 4) is 0 Å². The van der Waals surface area contributed by atoms with E-state index in [9.17, 15) is 9.59 Å². The van der Waals surface area contributed by atoms with E-state index in [1.54, 1.807) is 12.1 Å². The Morgan fingerprint density at radius 1 is 1.32 bits per heavy atom. The number of carbonyl (C=O) groups excluding carboxylic acids is 1. The van der Waals surface area contributed by atoms with E-state index < -0.39 is 5.97 Å². The minimum Gasteiger partial charge on any atom is -0.481 e. The van der Waals surface area contributed by atoms with E-state index in [1.165, 1.54) is 6.20 Å². The lowest BCUT2D eigenvalue weighted by Crippen LogP contribution is -2.12. The maximum Gasteiger partial charge on any atom is 0.313 e. The largest absolute Gasteiger partial charge is 0.481 e. The molecule has 1 aromatic carbocycles. The van der Waals surface area contributed by atoms with Gasteiger partial charge in [-0.25, -0.2) is 4.98 Å². The van der Waals surface area contributed by atoms with Gasteiger partial charge < -0.3 is 10.4 Å². The number of carboxylic acid groups (broad SMARTS) is 1. The van der Waals surface area contributed by atoms with Crippen molar-refractivity contribution < 1.29 is 14.7 Å². The molecule has 2 aromatic rings. The number of nitrogens with zero attached hydrogens (tertiary/aromatic N) is 1. The average molecular weight is 428 g/mol. The summed E-state index contributed by atoms with van der Waals surface area (Å²) in [6.45, 7) is 2.00. The summed E-state index contributed by atoms with van der Waals surface area (Å²) in [6.07, 6.45) is 1.44. The summed E-state index contributed by atoms with van der Waals surface area (Å²) < 4.78 is 1.08. The van der Waals surface area contributed by atoms with Gasteiger partial charge in [0.2, 0.25) is 0 Å². The van der Waals surface area contributed by atoms with Crippen molar-refractivity contribution in [1.29, 1.82) is 0 Å². The van der Waals surface area contributed by atoms with Crippen molar-refractivity contribution in [2.45, 2.75) is 11.9 Å². The van der Waals surface area contributed by atoms with Crippen molar-refractivity contribution in [2.24, 2.45) is 0 Å². The van der Waals surface area contributed by atoms with Crippen LogP contribution in [-0.2, 0) is 4.79 Å². The molecule has 2 rings (SSSR count). The van der Waals surface area contributed by atoms with E-state index in [1.807, 2.05) is 25.1 Å². The molecule has 0 saturated carbocycles. The Morgan fingerprint density at radius 3 is 2.68 bits per heavy atom. The molecule has 7 heteroatoms. The molecule has 0 radical (unpaired) electrons. The second-order valence-corrected chi connectivity index (χ2v) is 6.64. The lowest BCUT2D eigenvalue weighted by atomic mass is 10.2. The number of aromatic nitrogens is 1. The van der Waals surface area contributed by atoms with Crippen LogP contribution in [0.1, 0.15) is 15.9 Å². The summed E-state index contributed by atoms with van der Waals surface area (Å²) >= 11 is 3.33. The predicted molar refractivity (Wildman–Crippen MR) is 94.4 cm³/mol. The quantitative estimate of drug-likeness (QED) is 0.564. The molecule has 114 valence electrons. The van der Waals surface area contributed by atoms with Gasteiger partial charge in [0, 0.05) is 15.5 Å². The molecule has 0 spiro atoms. The highest BCUT2D eigenvalue weighted by Crippen LogP contribution is 2.19. The molecule has 2 N–H and O–H groups in total. The Balaban J connectivity index is 2.03. The summed E-state index contributed by atoms with van der Waals surface area (Å²) in [5.41, 5.74) is 2.31. The van der Waals surface area contributed by atoms with Gasteiger partial charge in [0.1, 0.15) is 0 Å². The number of benzene rings is 1. The fourth-order valence-corrected chi connectivity index (χ4v) is 2.69. The summed E-state index contributed by atoms with van der Waals surface area (Å²) in [5.74, 6) is -1.20. The molecular weight excluding hydrogens is 415 g/mol. The van der Waals surface area contributed by atoms with Crippen LogP contribution in [0, 0.1) is 10.5 Å². The number of carboxylic acids is 1. The highest BCUT2D eigenvalue weighted by Gasteiger charge is 2.08. The van der Waals surface area contributed by atoms with Crippen LogP contribution in [-0.4, -0.2) is 27.7 Å². The molecular formula is C15H13IN2O3S. The fraction of sp³-hybridized carbons (Fsp3) is 0.133. The Morgan fingerprint density at radius 2 is 2.09 bits per heavy atom. The van der Waals surface area contributed by atoms with Gasteiger partial charge in [-0.1, -0.05) is 17.8 Å². The molecule has 0 fully saturated rings. The van der Waals surface area contributed by atoms with E-state index in [4.69, 9.17) is 5.11 Å². The maximum absolute atomic E-state index is 12.1. The Bertz CT molecular complexity index is 704. The number of amides is 1. The number of pyridine rings is 1. The van der Waals surface area contributed by atoms with Crippen molar-refractivity contribution in [3.05, 3.63) is 51.2 Å². The SMILES string of the molecule is Cc1ccc(NC(=O)c2ccc(SCC(=O)O)nc2)cc1I. The molecule has 1 heterocycles. The second kappa shape index (κ2) is 7.59. The minimum atomic E-state index is -0.900. The van der Waals surface area contributed by atoms with Crippen molar-refractivity contribution in [3.63, 3.8) is 0 Å². The second-order valence-electron chi connectivity index (χ2n) is 4.49. The van der Waals surface area contributed by atoms with Gasteiger partial charge in [-0.05, 0) is 59.3 Å². The van der Waals surface area contributed by atoms with Crippen LogP contribution in [0.25, 0.3) is 0 Å². The van der Waals surface area contributed by atoms with Gasteiger partial charge in [0.15, 0.2) is 0 Å². The van der Waals surface area contributed by atoms with E-state index in [-0.39, 0.29) is 11.7 Å². The number of hydrogen-bond acceptors (Lipinski definition) is 4. The zero-order valence-electron chi connectivity index (χ0n) is 11.7. The van der Waals surface area contributed by atoms with Crippen molar-refractivity contribution in [2.75, 3.05) is 11.1 Å². The molecule has 0 atom stereocenters. The summed E-state index contributed by atoms with van der Waals surface area (Å²) in [6, 6.07) is 8.96. The number of hydrogen-bond donors (Lipinski definition) is 2. The molecule has 5 nitrogen and oxygen atoms in total. The Kier molecular flexibility index (Phi) is 5.78. The van der Waals surface area contributed by atoms with E-state index in [0.29, 0.717) is 10.6 Å². The van der Waals surface area contributed by atoms with Crippen LogP contribution in [0.15, 0.2) is 41.6 Å². The Labute approximate surface area is 145 Å². The molecule has 1 amide bonds. The van der Waals surface area contributed by atoms with Gasteiger partial charge in [0.25, 0.3) is 5.91 Å². The summed E-state index contributed by atoms with van der Waals surface area (Å²) in [7, 11) is 0. The molecule has 0 aliphatic heterocycles. The highest BCUT2D eigenvalue weighted by molar-refractivity contribution is 14.1.